The van der Waals surface area contributed by atoms with E-state index in [0.29, 0.717) is 39.1 Å². The number of rotatable bonds is 6. The van der Waals surface area contributed by atoms with Gasteiger partial charge >= 0.3 is 0 Å². The molecule has 1 fully saturated rings. The zero-order chi connectivity index (χ0) is 17.5. The van der Waals surface area contributed by atoms with E-state index in [1.54, 1.807) is 0 Å². The van der Waals surface area contributed by atoms with Gasteiger partial charge in [0.2, 0.25) is 11.8 Å². The van der Waals surface area contributed by atoms with E-state index in [0.717, 1.165) is 5.56 Å². The van der Waals surface area contributed by atoms with Crippen molar-refractivity contribution in [3.63, 3.8) is 0 Å². The number of benzene rings is 1. The molecule has 8 heteroatoms. The fraction of sp³-hybridized carbons (Fsp3) is 0.556. The van der Waals surface area contributed by atoms with Crippen LogP contribution in [0.4, 0.5) is 0 Å². The molecule has 1 aliphatic heterocycles. The molecule has 1 atom stereocenters. The predicted molar refractivity (Wildman–Crippen MR) is 109 cm³/mol. The molecule has 2 amide bonds. The second kappa shape index (κ2) is 12.1. The van der Waals surface area contributed by atoms with E-state index in [1.165, 1.54) is 0 Å². The number of nitrogens with one attached hydrogen (secondary N) is 1. The topological polar surface area (TPSA) is 78.7 Å². The first-order chi connectivity index (χ1) is 11.5. The first-order valence-corrected chi connectivity index (χ1v) is 8.55. The van der Waals surface area contributed by atoms with Gasteiger partial charge in [-0.2, -0.15) is 0 Å². The molecule has 0 aromatic heterocycles. The first kappa shape index (κ1) is 24.7. The van der Waals surface area contributed by atoms with Gasteiger partial charge in [-0.15, -0.1) is 24.8 Å². The maximum Gasteiger partial charge on any atom is 0.239 e. The van der Waals surface area contributed by atoms with Crippen molar-refractivity contribution >= 4 is 36.6 Å². The second-order valence-electron chi connectivity index (χ2n) is 6.62. The van der Waals surface area contributed by atoms with E-state index < -0.39 is 6.04 Å². The molecule has 1 aromatic rings. The average molecular weight is 405 g/mol. The molecule has 1 heterocycles. The normalized spacial score (nSPS) is 15.6. The van der Waals surface area contributed by atoms with Crippen LogP contribution in [0.2, 0.25) is 0 Å². The molecule has 148 valence electrons. The van der Waals surface area contributed by atoms with E-state index in [2.05, 4.69) is 10.2 Å². The number of halogens is 2. The van der Waals surface area contributed by atoms with E-state index in [1.807, 2.05) is 49.1 Å². The third-order valence-electron chi connectivity index (χ3n) is 4.12. The van der Waals surface area contributed by atoms with Crippen LogP contribution in [-0.4, -0.2) is 66.4 Å². The minimum Gasteiger partial charge on any atom is -0.353 e. The zero-order valence-corrected chi connectivity index (χ0v) is 17.0. The lowest BCUT2D eigenvalue weighted by Gasteiger charge is -2.35. The van der Waals surface area contributed by atoms with E-state index >= 15 is 0 Å². The Morgan fingerprint density at radius 3 is 2.19 bits per heavy atom. The quantitative estimate of drug-likeness (QED) is 0.742. The lowest BCUT2D eigenvalue weighted by atomic mass is 10.1. The van der Waals surface area contributed by atoms with Gasteiger partial charge < -0.3 is 16.0 Å². The minimum atomic E-state index is -0.511. The van der Waals surface area contributed by atoms with Crippen LogP contribution in [0, 0.1) is 0 Å². The molecule has 0 radical (unpaired) electrons. The van der Waals surface area contributed by atoms with Gasteiger partial charge in [0, 0.05) is 32.2 Å². The number of carbonyl (C=O) groups excluding carboxylic acids is 2. The molecular formula is C18H30Cl2N4O2. The summed E-state index contributed by atoms with van der Waals surface area (Å²) in [7, 11) is 0. The summed E-state index contributed by atoms with van der Waals surface area (Å²) in [6, 6.07) is 9.46. The maximum atomic E-state index is 12.5. The molecule has 0 bridgehead atoms. The summed E-state index contributed by atoms with van der Waals surface area (Å²) in [6.45, 7) is 6.93. The molecule has 3 N–H and O–H groups in total. The van der Waals surface area contributed by atoms with E-state index in [4.69, 9.17) is 5.73 Å². The van der Waals surface area contributed by atoms with Crippen molar-refractivity contribution in [3.8, 4) is 0 Å². The molecule has 1 unspecified atom stereocenters. The lowest BCUT2D eigenvalue weighted by molar-refractivity contribution is -0.134. The van der Waals surface area contributed by atoms with Crippen molar-refractivity contribution in [2.45, 2.75) is 32.4 Å². The van der Waals surface area contributed by atoms with Crippen LogP contribution in [-0.2, 0) is 16.0 Å². The highest BCUT2D eigenvalue weighted by molar-refractivity contribution is 5.85. The Kier molecular flexibility index (Phi) is 11.5. The molecule has 0 spiro atoms. The fourth-order valence-corrected chi connectivity index (χ4v) is 2.89. The maximum absolute atomic E-state index is 12.5. The molecule has 1 aromatic carbocycles. The van der Waals surface area contributed by atoms with Crippen molar-refractivity contribution in [1.29, 1.82) is 0 Å². The summed E-state index contributed by atoms with van der Waals surface area (Å²) in [4.78, 5) is 28.2. The highest BCUT2D eigenvalue weighted by atomic mass is 35.5. The van der Waals surface area contributed by atoms with E-state index in [-0.39, 0.29) is 42.7 Å². The van der Waals surface area contributed by atoms with Crippen molar-refractivity contribution in [1.82, 2.24) is 15.1 Å². The predicted octanol–water partition coefficient (Wildman–Crippen LogP) is 1.07. The van der Waals surface area contributed by atoms with Gasteiger partial charge in [-0.1, -0.05) is 30.3 Å². The minimum absolute atomic E-state index is 0. The van der Waals surface area contributed by atoms with Gasteiger partial charge in [0.05, 0.1) is 12.6 Å². The van der Waals surface area contributed by atoms with Crippen LogP contribution in [0.15, 0.2) is 30.3 Å². The summed E-state index contributed by atoms with van der Waals surface area (Å²) >= 11 is 0. The van der Waals surface area contributed by atoms with Gasteiger partial charge in [0.1, 0.15) is 0 Å². The van der Waals surface area contributed by atoms with Crippen molar-refractivity contribution in [2.75, 3.05) is 32.7 Å². The monoisotopic (exact) mass is 404 g/mol. The summed E-state index contributed by atoms with van der Waals surface area (Å²) in [5.74, 6) is 0.0238. The number of carbonyl (C=O) groups is 2. The van der Waals surface area contributed by atoms with Crippen LogP contribution in [0.5, 0.6) is 0 Å². The molecule has 0 aliphatic carbocycles. The smallest absolute Gasteiger partial charge is 0.239 e. The molecule has 0 saturated carbocycles. The fourth-order valence-electron chi connectivity index (χ4n) is 2.89. The molecule has 1 aliphatic rings. The molecule has 1 saturated heterocycles. The number of nitrogens with zero attached hydrogens (tertiary/aromatic N) is 2. The molecule has 26 heavy (non-hydrogen) atoms. The Morgan fingerprint density at radius 1 is 1.08 bits per heavy atom. The largest absolute Gasteiger partial charge is 0.353 e. The Labute approximate surface area is 168 Å². The third kappa shape index (κ3) is 7.91. The number of nitrogens with two attached hydrogens (primary N) is 1. The van der Waals surface area contributed by atoms with Crippen molar-refractivity contribution in [3.05, 3.63) is 35.9 Å². The van der Waals surface area contributed by atoms with Gasteiger partial charge in [-0.25, -0.2) is 0 Å². The summed E-state index contributed by atoms with van der Waals surface area (Å²) < 4.78 is 0. The SMILES string of the molecule is CC(C)NC(=O)CN1CCN(C(=O)C(N)Cc2ccccc2)CC1.Cl.Cl. The highest BCUT2D eigenvalue weighted by Gasteiger charge is 2.26. The summed E-state index contributed by atoms with van der Waals surface area (Å²) in [6.07, 6.45) is 0.552. The lowest BCUT2D eigenvalue weighted by Crippen LogP contribution is -2.55. The summed E-state index contributed by atoms with van der Waals surface area (Å²) in [5, 5.41) is 2.89. The van der Waals surface area contributed by atoms with Crippen LogP contribution in [0.1, 0.15) is 19.4 Å². The Morgan fingerprint density at radius 2 is 1.65 bits per heavy atom. The molecule has 2 rings (SSSR count). The van der Waals surface area contributed by atoms with Gasteiger partial charge in [0.25, 0.3) is 0 Å². The number of hydrogen-bond acceptors (Lipinski definition) is 4. The number of hydrogen-bond donors (Lipinski definition) is 2. The van der Waals surface area contributed by atoms with Crippen LogP contribution in [0.3, 0.4) is 0 Å². The second-order valence-corrected chi connectivity index (χ2v) is 6.62. The van der Waals surface area contributed by atoms with Crippen molar-refractivity contribution in [2.24, 2.45) is 5.73 Å². The van der Waals surface area contributed by atoms with Gasteiger partial charge in [0.15, 0.2) is 0 Å². The summed E-state index contributed by atoms with van der Waals surface area (Å²) in [5.41, 5.74) is 7.15. The Hall–Kier alpha value is -1.34. The van der Waals surface area contributed by atoms with Gasteiger partial charge in [-0.05, 0) is 25.8 Å². The van der Waals surface area contributed by atoms with Crippen LogP contribution < -0.4 is 11.1 Å². The van der Waals surface area contributed by atoms with E-state index in [9.17, 15) is 9.59 Å². The van der Waals surface area contributed by atoms with Gasteiger partial charge in [-0.3, -0.25) is 14.5 Å². The molecular weight excluding hydrogens is 375 g/mol. The van der Waals surface area contributed by atoms with Crippen LogP contribution >= 0.6 is 24.8 Å². The number of piperazine rings is 1. The number of amides is 2. The average Bonchev–Trinajstić information content (AvgIpc) is 2.55. The van der Waals surface area contributed by atoms with Crippen LogP contribution in [0.25, 0.3) is 0 Å². The standard InChI is InChI=1S/C18H28N4O2.2ClH/c1-14(2)20-17(23)13-21-8-10-22(11-9-21)18(24)16(19)12-15-6-4-3-5-7-15;;/h3-7,14,16H,8-13,19H2,1-2H3,(H,20,23);2*1H. The third-order valence-corrected chi connectivity index (χ3v) is 4.12. The molecule has 6 nitrogen and oxygen atoms in total. The van der Waals surface area contributed by atoms with Crippen molar-refractivity contribution < 1.29 is 9.59 Å². The first-order valence-electron chi connectivity index (χ1n) is 8.55. The zero-order valence-electron chi connectivity index (χ0n) is 15.4. The Bertz CT molecular complexity index is 549. The Balaban J connectivity index is 0.00000312. The highest BCUT2D eigenvalue weighted by Crippen LogP contribution is 2.07.